The SMILES string of the molecule is Cc1cc(-c2cc(-n3c4cc(-c5ccccc5)ccc4c4ccc(-c5ccccc5)cc43)c(-n3c4cc(-c5ccccc5)ccc4c4ccc(-c5ccccc5)cc43)cc2C#N)nc(C)n1. The molecule has 0 aliphatic carbocycles. The Morgan fingerprint density at radius 2 is 0.712 bits per heavy atom. The van der Waals surface area contributed by atoms with Crippen LogP contribution in [0.4, 0.5) is 0 Å². The van der Waals surface area contributed by atoms with E-state index >= 15 is 0 Å². The van der Waals surface area contributed by atoms with E-state index in [1.807, 2.05) is 19.9 Å². The Hall–Kier alpha value is -8.85. The van der Waals surface area contributed by atoms with E-state index in [0.29, 0.717) is 17.1 Å². The van der Waals surface area contributed by atoms with Crippen molar-refractivity contribution < 1.29 is 0 Å². The summed E-state index contributed by atoms with van der Waals surface area (Å²) < 4.78 is 4.81. The Morgan fingerprint density at radius 3 is 1.05 bits per heavy atom. The van der Waals surface area contributed by atoms with Crippen LogP contribution in [0.2, 0.25) is 0 Å². The molecule has 0 radical (unpaired) electrons. The highest BCUT2D eigenvalue weighted by molar-refractivity contribution is 6.14. The van der Waals surface area contributed by atoms with Crippen LogP contribution >= 0.6 is 0 Å². The highest BCUT2D eigenvalue weighted by Crippen LogP contribution is 2.44. The summed E-state index contributed by atoms with van der Waals surface area (Å²) in [6, 6.07) is 78.3. The minimum Gasteiger partial charge on any atom is -0.307 e. The number of aryl methyl sites for hydroxylation is 2. The minimum atomic E-state index is 0.524. The molecule has 9 aromatic carbocycles. The predicted molar refractivity (Wildman–Crippen MR) is 272 cm³/mol. The molecule has 0 bridgehead atoms. The summed E-state index contributed by atoms with van der Waals surface area (Å²) in [5.41, 5.74) is 17.8. The summed E-state index contributed by atoms with van der Waals surface area (Å²) in [4.78, 5) is 9.61. The van der Waals surface area contributed by atoms with Crippen molar-refractivity contribution in [3.05, 3.63) is 229 Å². The second-order valence-electron chi connectivity index (χ2n) is 17.0. The summed E-state index contributed by atoms with van der Waals surface area (Å²) >= 11 is 0. The predicted octanol–water partition coefficient (Wildman–Crippen LogP) is 15.5. The van der Waals surface area contributed by atoms with Gasteiger partial charge in [-0.05, 0) is 101 Å². The second-order valence-corrected chi connectivity index (χ2v) is 17.0. The highest BCUT2D eigenvalue weighted by Gasteiger charge is 2.24. The third-order valence-corrected chi connectivity index (χ3v) is 12.9. The molecule has 5 nitrogen and oxygen atoms in total. The first-order valence-electron chi connectivity index (χ1n) is 22.3. The van der Waals surface area contributed by atoms with E-state index < -0.39 is 0 Å². The zero-order chi connectivity index (χ0) is 44.3. The summed E-state index contributed by atoms with van der Waals surface area (Å²) in [7, 11) is 0. The largest absolute Gasteiger partial charge is 0.307 e. The summed E-state index contributed by atoms with van der Waals surface area (Å²) in [6.07, 6.45) is 0. The van der Waals surface area contributed by atoms with Gasteiger partial charge in [0.25, 0.3) is 0 Å². The number of nitriles is 1. The van der Waals surface area contributed by atoms with Crippen LogP contribution in [0.25, 0.3) is 111 Å². The maximum Gasteiger partial charge on any atom is 0.126 e. The molecule has 0 saturated heterocycles. The Balaban J connectivity index is 1.26. The normalized spacial score (nSPS) is 11.5. The van der Waals surface area contributed by atoms with Crippen molar-refractivity contribution in [2.24, 2.45) is 0 Å². The van der Waals surface area contributed by atoms with Gasteiger partial charge in [-0.2, -0.15) is 5.26 Å². The average Bonchev–Trinajstić information content (AvgIpc) is 3.87. The number of hydrogen-bond acceptors (Lipinski definition) is 3. The molecule has 0 N–H and O–H groups in total. The molecule has 310 valence electrons. The standard InChI is InChI=1S/C61H41N5/c1-39-31-55(64-40(2)63-39)54-37-61(66-58-34-47(43-19-11-5-12-20-43)25-29-52(58)53-30-26-48(35-59(53)66)44-21-13-6-14-22-44)60(36-49(54)38-62)65-56-32-45(41-15-7-3-8-16-41)23-27-50(56)51-28-24-46(33-57(51)65)42-17-9-4-10-18-42/h3-37H,1-2H3. The number of aromatic nitrogens is 4. The van der Waals surface area contributed by atoms with Gasteiger partial charge in [-0.1, -0.05) is 170 Å². The molecule has 0 amide bonds. The third-order valence-electron chi connectivity index (χ3n) is 12.9. The smallest absolute Gasteiger partial charge is 0.126 e. The lowest BCUT2D eigenvalue weighted by molar-refractivity contribution is 1.01. The van der Waals surface area contributed by atoms with Crippen LogP contribution in [-0.2, 0) is 0 Å². The molecule has 0 atom stereocenters. The van der Waals surface area contributed by atoms with Crippen molar-refractivity contribution in [3.8, 4) is 73.2 Å². The number of benzene rings is 9. The Kier molecular flexibility index (Phi) is 9.25. The van der Waals surface area contributed by atoms with Crippen molar-refractivity contribution in [2.75, 3.05) is 0 Å². The van der Waals surface area contributed by atoms with Gasteiger partial charge in [0, 0.05) is 32.8 Å². The maximum absolute atomic E-state index is 11.2. The summed E-state index contributed by atoms with van der Waals surface area (Å²) in [6.45, 7) is 3.89. The van der Waals surface area contributed by atoms with Gasteiger partial charge in [0.1, 0.15) is 5.82 Å². The van der Waals surface area contributed by atoms with E-state index in [9.17, 15) is 5.26 Å². The molecule has 66 heavy (non-hydrogen) atoms. The Morgan fingerprint density at radius 1 is 0.364 bits per heavy atom. The van der Waals surface area contributed by atoms with Crippen LogP contribution in [0, 0.1) is 25.2 Å². The zero-order valence-electron chi connectivity index (χ0n) is 36.4. The fraction of sp³-hybridized carbons (Fsp3) is 0.0328. The zero-order valence-corrected chi connectivity index (χ0v) is 36.4. The quantitative estimate of drug-likeness (QED) is 0.161. The number of rotatable bonds is 7. The van der Waals surface area contributed by atoms with E-state index in [2.05, 4.69) is 226 Å². The van der Waals surface area contributed by atoms with E-state index in [4.69, 9.17) is 4.98 Å². The van der Waals surface area contributed by atoms with Gasteiger partial charge >= 0.3 is 0 Å². The van der Waals surface area contributed by atoms with Crippen molar-refractivity contribution in [2.45, 2.75) is 13.8 Å². The Labute approximate surface area is 382 Å². The molecule has 12 aromatic rings. The molecule has 0 aliphatic heterocycles. The van der Waals surface area contributed by atoms with Crippen LogP contribution in [-0.4, -0.2) is 19.1 Å². The van der Waals surface area contributed by atoms with Crippen LogP contribution in [0.5, 0.6) is 0 Å². The van der Waals surface area contributed by atoms with Crippen LogP contribution < -0.4 is 0 Å². The number of fused-ring (bicyclic) bond motifs is 6. The maximum atomic E-state index is 11.2. The van der Waals surface area contributed by atoms with Gasteiger partial charge in [0.05, 0.1) is 50.8 Å². The van der Waals surface area contributed by atoms with Gasteiger partial charge in [-0.15, -0.1) is 0 Å². The molecule has 0 aliphatic rings. The average molecular weight is 844 g/mol. The first-order chi connectivity index (χ1) is 32.5. The summed E-state index contributed by atoms with van der Waals surface area (Å²) in [5.74, 6) is 0.653. The lowest BCUT2D eigenvalue weighted by Gasteiger charge is -2.20. The highest BCUT2D eigenvalue weighted by atomic mass is 15.1. The molecular weight excluding hydrogens is 803 g/mol. The molecule has 3 heterocycles. The minimum absolute atomic E-state index is 0.524. The summed E-state index contributed by atoms with van der Waals surface area (Å²) in [5, 5.41) is 15.8. The van der Waals surface area contributed by atoms with Gasteiger partial charge in [-0.3, -0.25) is 0 Å². The molecular formula is C61H41N5. The van der Waals surface area contributed by atoms with E-state index in [0.717, 1.165) is 111 Å². The number of nitrogens with zero attached hydrogens (tertiary/aromatic N) is 5. The second kappa shape index (κ2) is 15.7. The molecule has 3 aromatic heterocycles. The van der Waals surface area contributed by atoms with Crippen LogP contribution in [0.1, 0.15) is 17.1 Å². The number of hydrogen-bond donors (Lipinski definition) is 0. The molecule has 0 unspecified atom stereocenters. The van der Waals surface area contributed by atoms with Gasteiger partial charge in [0.2, 0.25) is 0 Å². The lowest BCUT2D eigenvalue weighted by Crippen LogP contribution is -2.06. The fourth-order valence-electron chi connectivity index (χ4n) is 9.89. The lowest BCUT2D eigenvalue weighted by atomic mass is 10.0. The first-order valence-corrected chi connectivity index (χ1v) is 22.3. The molecule has 0 fully saturated rings. The Bertz CT molecular complexity index is 3660. The van der Waals surface area contributed by atoms with Crippen molar-refractivity contribution in [1.82, 2.24) is 19.1 Å². The molecule has 0 spiro atoms. The van der Waals surface area contributed by atoms with Crippen molar-refractivity contribution in [1.29, 1.82) is 5.26 Å². The van der Waals surface area contributed by atoms with Crippen LogP contribution in [0.3, 0.4) is 0 Å². The van der Waals surface area contributed by atoms with Gasteiger partial charge < -0.3 is 9.13 Å². The molecule has 0 saturated carbocycles. The first kappa shape index (κ1) is 38.8. The molecule has 12 rings (SSSR count). The fourth-order valence-corrected chi connectivity index (χ4v) is 9.89. The molecule has 5 heteroatoms. The van der Waals surface area contributed by atoms with E-state index in [1.165, 1.54) is 0 Å². The third kappa shape index (κ3) is 6.55. The van der Waals surface area contributed by atoms with Gasteiger partial charge in [0.15, 0.2) is 0 Å². The van der Waals surface area contributed by atoms with Gasteiger partial charge in [-0.25, -0.2) is 9.97 Å². The van der Waals surface area contributed by atoms with E-state index in [1.54, 1.807) is 0 Å². The van der Waals surface area contributed by atoms with E-state index in [-0.39, 0.29) is 0 Å². The monoisotopic (exact) mass is 843 g/mol. The van der Waals surface area contributed by atoms with Crippen molar-refractivity contribution >= 4 is 43.6 Å². The van der Waals surface area contributed by atoms with Crippen molar-refractivity contribution in [3.63, 3.8) is 0 Å². The van der Waals surface area contributed by atoms with Crippen LogP contribution in [0.15, 0.2) is 212 Å². The topological polar surface area (TPSA) is 59.4 Å².